The second kappa shape index (κ2) is 9.99. The van der Waals surface area contributed by atoms with E-state index in [1.807, 2.05) is 11.5 Å². The monoisotopic (exact) mass is 510 g/mol. The topological polar surface area (TPSA) is 129 Å². The van der Waals surface area contributed by atoms with Crippen molar-refractivity contribution in [2.75, 3.05) is 10.2 Å². The molecule has 0 aliphatic heterocycles. The lowest BCUT2D eigenvalue weighted by Crippen LogP contribution is -2.19. The van der Waals surface area contributed by atoms with Crippen molar-refractivity contribution >= 4 is 21.4 Å². The van der Waals surface area contributed by atoms with E-state index in [0.717, 1.165) is 49.7 Å². The molecule has 9 heteroatoms. The predicted molar refractivity (Wildman–Crippen MR) is 136 cm³/mol. The molecular formula is C27H30N2O6S. The quantitative estimate of drug-likeness (QED) is 0.324. The second-order valence-corrected chi connectivity index (χ2v) is 11.3. The fourth-order valence-electron chi connectivity index (χ4n) is 5.12. The molecule has 2 aliphatic rings. The van der Waals surface area contributed by atoms with Gasteiger partial charge in [0, 0.05) is 23.6 Å². The molecule has 0 spiro atoms. The van der Waals surface area contributed by atoms with Crippen LogP contribution in [0.5, 0.6) is 5.75 Å². The smallest absolute Gasteiger partial charge is 0.343 e. The summed E-state index contributed by atoms with van der Waals surface area (Å²) in [6.07, 6.45) is 7.21. The summed E-state index contributed by atoms with van der Waals surface area (Å²) in [6.45, 7) is 0. The molecular weight excluding hydrogens is 480 g/mol. The average molecular weight is 511 g/mol. The van der Waals surface area contributed by atoms with E-state index >= 15 is 0 Å². The number of benzene rings is 2. The van der Waals surface area contributed by atoms with Crippen molar-refractivity contribution < 1.29 is 23.1 Å². The van der Waals surface area contributed by atoms with Crippen LogP contribution >= 0.6 is 0 Å². The van der Waals surface area contributed by atoms with Crippen LogP contribution in [-0.4, -0.2) is 18.7 Å². The number of anilines is 2. The number of aromatic hydroxyl groups is 1. The van der Waals surface area contributed by atoms with E-state index in [4.69, 9.17) is 9.62 Å². The number of hydrogen-bond acceptors (Lipinski definition) is 7. The van der Waals surface area contributed by atoms with Gasteiger partial charge in [0.05, 0.1) is 16.1 Å². The van der Waals surface area contributed by atoms with Crippen LogP contribution in [-0.2, 0) is 22.9 Å². The minimum Gasteiger partial charge on any atom is -0.507 e. The van der Waals surface area contributed by atoms with Gasteiger partial charge in [0.1, 0.15) is 11.5 Å². The van der Waals surface area contributed by atoms with E-state index in [1.165, 1.54) is 24.3 Å². The minimum atomic E-state index is -3.87. The fourth-order valence-corrected chi connectivity index (χ4v) is 6.17. The first-order chi connectivity index (χ1) is 17.4. The molecule has 36 heavy (non-hydrogen) atoms. The Balaban J connectivity index is 1.50. The Bertz CT molecular complexity index is 1410. The molecule has 0 bridgehead atoms. The maximum atomic E-state index is 13.1. The normalized spacial score (nSPS) is 16.9. The zero-order chi connectivity index (χ0) is 25.3. The van der Waals surface area contributed by atoms with Crippen molar-refractivity contribution in [1.82, 2.24) is 0 Å². The van der Waals surface area contributed by atoms with Gasteiger partial charge in [0.25, 0.3) is 10.0 Å². The van der Waals surface area contributed by atoms with Gasteiger partial charge in [-0.1, -0.05) is 25.0 Å². The van der Waals surface area contributed by atoms with E-state index in [-0.39, 0.29) is 28.0 Å². The van der Waals surface area contributed by atoms with E-state index in [1.54, 1.807) is 18.2 Å². The zero-order valence-corrected chi connectivity index (χ0v) is 20.7. The van der Waals surface area contributed by atoms with Crippen LogP contribution < -0.4 is 15.8 Å². The number of hydrogen-bond donors (Lipinski definition) is 4. The van der Waals surface area contributed by atoms with Crippen molar-refractivity contribution in [2.24, 2.45) is 5.92 Å². The number of fused-ring (bicyclic) bond motifs is 1. The molecule has 1 atom stereocenters. The molecule has 2 aromatic carbocycles. The Morgan fingerprint density at radius 3 is 2.36 bits per heavy atom. The van der Waals surface area contributed by atoms with Crippen molar-refractivity contribution in [1.29, 1.82) is 0 Å². The molecule has 0 saturated heterocycles. The van der Waals surface area contributed by atoms with Crippen LogP contribution in [0.2, 0.25) is 0 Å². The third-order valence-electron chi connectivity index (χ3n) is 7.09. The van der Waals surface area contributed by atoms with Gasteiger partial charge in [0.2, 0.25) is 0 Å². The molecule has 2 aliphatic carbocycles. The molecule has 4 N–H and O–H groups in total. The summed E-state index contributed by atoms with van der Waals surface area (Å²) >= 11 is 0. The summed E-state index contributed by atoms with van der Waals surface area (Å²) in [7, 11) is -3.87. The maximum absolute atomic E-state index is 13.1. The highest BCUT2D eigenvalue weighted by Gasteiger charge is 2.38. The van der Waals surface area contributed by atoms with E-state index < -0.39 is 15.6 Å². The third kappa shape index (κ3) is 4.99. The highest BCUT2D eigenvalue weighted by Crippen LogP contribution is 2.49. The Hall–Kier alpha value is -3.30. The largest absolute Gasteiger partial charge is 0.507 e. The number of rotatable bonds is 7. The summed E-state index contributed by atoms with van der Waals surface area (Å²) in [5.41, 5.74) is 3.98. The summed E-state index contributed by atoms with van der Waals surface area (Å²) in [5, 5.41) is 20.3. The number of nitrogens with one attached hydrogen (secondary N) is 2. The minimum absolute atomic E-state index is 0.0450. The van der Waals surface area contributed by atoms with Gasteiger partial charge >= 0.3 is 5.63 Å². The number of aryl methyl sites for hydroxylation is 1. The maximum Gasteiger partial charge on any atom is 0.343 e. The predicted octanol–water partition coefficient (Wildman–Crippen LogP) is 5.15. The lowest BCUT2D eigenvalue weighted by Gasteiger charge is -2.22. The van der Waals surface area contributed by atoms with Crippen molar-refractivity contribution in [3.05, 3.63) is 81.4 Å². The van der Waals surface area contributed by atoms with Gasteiger partial charge in [-0.2, -0.15) is 0 Å². The van der Waals surface area contributed by atoms with Crippen molar-refractivity contribution in [3.63, 3.8) is 0 Å². The third-order valence-corrected chi connectivity index (χ3v) is 8.49. The van der Waals surface area contributed by atoms with E-state index in [2.05, 4.69) is 4.72 Å². The second-order valence-electron chi connectivity index (χ2n) is 9.65. The van der Waals surface area contributed by atoms with Crippen LogP contribution in [0.1, 0.15) is 66.9 Å². The van der Waals surface area contributed by atoms with Crippen LogP contribution in [0.15, 0.2) is 62.6 Å². The summed E-state index contributed by atoms with van der Waals surface area (Å²) in [4.78, 5) is 13.2. The van der Waals surface area contributed by atoms with Crippen LogP contribution in [0.25, 0.3) is 0 Å². The molecule has 1 fully saturated rings. The fraction of sp³-hybridized carbons (Fsp3) is 0.370. The molecule has 1 heterocycles. The first-order valence-electron chi connectivity index (χ1n) is 12.4. The average Bonchev–Trinajstić information content (AvgIpc) is 3.68. The van der Waals surface area contributed by atoms with Gasteiger partial charge < -0.3 is 9.52 Å². The standard InChI is InChI=1S/C27H30N2O6S/c30-26-22-8-3-1-2-4-9-23(22)35-27(31)25(26)24(17-10-11-17)18-6-5-7-20(16-18)29-36(33,34)21-14-12-19(28-32)13-15-21/h5-7,12-17,24,28-30,32H,1-4,8-11H2. The first-order valence-corrected chi connectivity index (χ1v) is 13.9. The lowest BCUT2D eigenvalue weighted by molar-refractivity contribution is 0.382. The summed E-state index contributed by atoms with van der Waals surface area (Å²) < 4.78 is 34.2. The summed E-state index contributed by atoms with van der Waals surface area (Å²) in [6, 6.07) is 12.7. The van der Waals surface area contributed by atoms with Crippen molar-refractivity contribution in [3.8, 4) is 5.75 Å². The molecule has 0 amide bonds. The molecule has 3 aromatic rings. The Labute approximate surface area is 210 Å². The van der Waals surface area contributed by atoms with Gasteiger partial charge in [-0.05, 0) is 80.0 Å². The Kier molecular flexibility index (Phi) is 6.77. The van der Waals surface area contributed by atoms with Crippen molar-refractivity contribution in [2.45, 2.75) is 62.2 Å². The molecule has 1 unspecified atom stereocenters. The zero-order valence-electron chi connectivity index (χ0n) is 19.9. The summed E-state index contributed by atoms with van der Waals surface area (Å²) in [5.74, 6) is 0.440. The molecule has 5 rings (SSSR count). The number of sulfonamides is 1. The van der Waals surface area contributed by atoms with Gasteiger partial charge in [-0.3, -0.25) is 15.4 Å². The van der Waals surface area contributed by atoms with E-state index in [9.17, 15) is 18.3 Å². The SMILES string of the molecule is O=c1oc2c(c(O)c1C(c1cccc(NS(=O)(=O)c3ccc(NO)cc3)c1)C1CC1)CCCCCC2. The Morgan fingerprint density at radius 1 is 0.944 bits per heavy atom. The molecule has 1 aromatic heterocycles. The first kappa shape index (κ1) is 24.4. The van der Waals surface area contributed by atoms with Crippen LogP contribution in [0.3, 0.4) is 0 Å². The molecule has 8 nitrogen and oxygen atoms in total. The van der Waals surface area contributed by atoms with Gasteiger partial charge in [0.15, 0.2) is 0 Å². The molecule has 0 radical (unpaired) electrons. The van der Waals surface area contributed by atoms with Gasteiger partial charge in [-0.25, -0.2) is 13.2 Å². The van der Waals surface area contributed by atoms with Crippen LogP contribution in [0, 0.1) is 5.92 Å². The highest BCUT2D eigenvalue weighted by molar-refractivity contribution is 7.92. The Morgan fingerprint density at radius 2 is 1.67 bits per heavy atom. The van der Waals surface area contributed by atoms with E-state index in [0.29, 0.717) is 30.0 Å². The highest BCUT2D eigenvalue weighted by atomic mass is 32.2. The molecule has 190 valence electrons. The molecule has 1 saturated carbocycles. The van der Waals surface area contributed by atoms with Gasteiger partial charge in [-0.15, -0.1) is 0 Å². The lowest BCUT2D eigenvalue weighted by atomic mass is 9.85. The van der Waals surface area contributed by atoms with Crippen LogP contribution in [0.4, 0.5) is 11.4 Å².